The van der Waals surface area contributed by atoms with E-state index in [1.807, 2.05) is 0 Å². The van der Waals surface area contributed by atoms with E-state index in [0.717, 1.165) is 19.6 Å². The summed E-state index contributed by atoms with van der Waals surface area (Å²) in [6.07, 6.45) is -1.32. The molecule has 0 aromatic heterocycles. The number of nitrogens with zero attached hydrogens (tertiary/aromatic N) is 4. The third-order valence-electron chi connectivity index (χ3n) is 4.84. The lowest BCUT2D eigenvalue weighted by Crippen LogP contribution is -2.43. The fourth-order valence-corrected chi connectivity index (χ4v) is 2.61. The molecule has 0 aliphatic carbocycles. The highest BCUT2D eigenvalue weighted by Crippen LogP contribution is 2.01. The second-order valence-electron chi connectivity index (χ2n) is 8.06. The first-order chi connectivity index (χ1) is 17.2. The highest BCUT2D eigenvalue weighted by atomic mass is 16.6. The number of cyclic esters (lactones) is 4. The van der Waals surface area contributed by atoms with Crippen molar-refractivity contribution < 1.29 is 57.3 Å². The first-order valence-corrected chi connectivity index (χ1v) is 10.8. The summed E-state index contributed by atoms with van der Waals surface area (Å²) in [4.78, 5) is 100. The first-order valence-electron chi connectivity index (χ1n) is 10.8. The van der Waals surface area contributed by atoms with Gasteiger partial charge in [0.05, 0.1) is 0 Å². The van der Waals surface area contributed by atoms with E-state index >= 15 is 0 Å². The maximum Gasteiger partial charge on any atom is 0.326 e. The van der Waals surface area contributed by atoms with Crippen molar-refractivity contribution in [2.24, 2.45) is 0 Å². The van der Waals surface area contributed by atoms with Gasteiger partial charge < -0.3 is 38.5 Å². The number of rotatable bonds is 0. The zero-order valence-corrected chi connectivity index (χ0v) is 21.2. The number of carbonyl (C=O) groups is 8. The summed E-state index contributed by atoms with van der Waals surface area (Å²) in [5.41, 5.74) is 0. The number of likely N-dealkylation sites (N-methyl/N-ethyl adjacent to an activating group) is 4. The monoisotopic (exact) mass is 530 g/mol. The van der Waals surface area contributed by atoms with Crippen LogP contribution in [0.5, 0.6) is 0 Å². The largest absolute Gasteiger partial charge is 0.454 e. The van der Waals surface area contributed by atoms with Crippen molar-refractivity contribution in [1.29, 1.82) is 0 Å². The Morgan fingerprint density at radius 3 is 1.16 bits per heavy atom. The van der Waals surface area contributed by atoms with Crippen LogP contribution in [0.3, 0.4) is 0 Å². The van der Waals surface area contributed by atoms with Crippen LogP contribution < -0.4 is 0 Å². The Balaban J connectivity index is 2.92. The summed E-state index contributed by atoms with van der Waals surface area (Å²) in [6.45, 7) is -3.22. The van der Waals surface area contributed by atoms with Crippen molar-refractivity contribution >= 4 is 47.5 Å². The quantitative estimate of drug-likeness (QED) is 0.221. The van der Waals surface area contributed by atoms with Crippen molar-refractivity contribution in [2.45, 2.75) is 13.0 Å². The normalized spacial score (nSPS) is 21.7. The molecular weight excluding hydrogens is 500 g/mol. The van der Waals surface area contributed by atoms with Gasteiger partial charge in [-0.3, -0.25) is 38.4 Å². The smallest absolute Gasteiger partial charge is 0.326 e. The molecule has 37 heavy (non-hydrogen) atoms. The molecule has 0 saturated carbocycles. The van der Waals surface area contributed by atoms with Gasteiger partial charge in [0.1, 0.15) is 26.2 Å². The van der Waals surface area contributed by atoms with Crippen LogP contribution in [0.4, 0.5) is 0 Å². The van der Waals surface area contributed by atoms with Crippen LogP contribution in [-0.2, 0) is 57.3 Å². The van der Waals surface area contributed by atoms with E-state index in [2.05, 4.69) is 0 Å². The SMILES string of the molecule is C[C@H]1OC(=O)CN(C)C(=O)COC(=O)CN(C)C(=O)COC(=O)CN(C)C(=O)COC(=O)CN(C)C1=O. The molecule has 1 rings (SSSR count). The van der Waals surface area contributed by atoms with E-state index in [1.54, 1.807) is 0 Å². The third kappa shape index (κ3) is 10.9. The van der Waals surface area contributed by atoms with Crippen molar-refractivity contribution in [2.75, 3.05) is 74.2 Å². The Labute approximate surface area is 212 Å². The average Bonchev–Trinajstić information content (AvgIpc) is 2.82. The minimum absolute atomic E-state index is 0.563. The molecule has 1 aliphatic rings. The molecular formula is C21H30N4O12. The minimum atomic E-state index is -1.32. The summed E-state index contributed by atoms with van der Waals surface area (Å²) < 4.78 is 19.4. The summed E-state index contributed by atoms with van der Waals surface area (Å²) in [6, 6.07) is 0. The van der Waals surface area contributed by atoms with Gasteiger partial charge in [-0.1, -0.05) is 0 Å². The molecule has 16 nitrogen and oxygen atoms in total. The van der Waals surface area contributed by atoms with Crippen molar-refractivity contribution in [3.05, 3.63) is 0 Å². The molecule has 0 spiro atoms. The number of carbonyl (C=O) groups excluding carboxylic acids is 8. The summed E-state index contributed by atoms with van der Waals surface area (Å²) in [5.74, 6) is -6.81. The topological polar surface area (TPSA) is 186 Å². The van der Waals surface area contributed by atoms with Gasteiger partial charge in [-0.15, -0.1) is 0 Å². The van der Waals surface area contributed by atoms with Crippen LogP contribution in [0.25, 0.3) is 0 Å². The summed E-state index contributed by atoms with van der Waals surface area (Å²) >= 11 is 0. The molecule has 0 unspecified atom stereocenters. The highest BCUT2D eigenvalue weighted by molar-refractivity contribution is 5.90. The van der Waals surface area contributed by atoms with Crippen LogP contribution in [0, 0.1) is 0 Å². The van der Waals surface area contributed by atoms with Crippen LogP contribution in [0.1, 0.15) is 6.92 Å². The van der Waals surface area contributed by atoms with Gasteiger partial charge in [0.15, 0.2) is 25.9 Å². The molecule has 4 amide bonds. The van der Waals surface area contributed by atoms with Crippen LogP contribution in [0.15, 0.2) is 0 Å². The van der Waals surface area contributed by atoms with E-state index < -0.39 is 99.6 Å². The van der Waals surface area contributed by atoms with Gasteiger partial charge in [-0.25, -0.2) is 0 Å². The maximum absolute atomic E-state index is 12.4. The van der Waals surface area contributed by atoms with Gasteiger partial charge in [-0.05, 0) is 6.92 Å². The number of hydrogen-bond acceptors (Lipinski definition) is 12. The Morgan fingerprint density at radius 1 is 0.514 bits per heavy atom. The lowest BCUT2D eigenvalue weighted by molar-refractivity contribution is -0.164. The predicted octanol–water partition coefficient (Wildman–Crippen LogP) is -3.61. The number of esters is 4. The van der Waals surface area contributed by atoms with Gasteiger partial charge in [0, 0.05) is 28.2 Å². The van der Waals surface area contributed by atoms with Crippen molar-refractivity contribution in [1.82, 2.24) is 19.6 Å². The zero-order chi connectivity index (χ0) is 28.3. The Bertz CT molecular complexity index is 936. The van der Waals surface area contributed by atoms with Crippen LogP contribution >= 0.6 is 0 Å². The fraction of sp³-hybridized carbons (Fsp3) is 0.619. The van der Waals surface area contributed by atoms with Crippen molar-refractivity contribution in [3.8, 4) is 0 Å². The molecule has 1 atom stereocenters. The Morgan fingerprint density at radius 2 is 0.811 bits per heavy atom. The van der Waals surface area contributed by atoms with Gasteiger partial charge in [0.25, 0.3) is 23.6 Å². The second-order valence-corrected chi connectivity index (χ2v) is 8.06. The molecule has 0 bridgehead atoms. The van der Waals surface area contributed by atoms with E-state index in [1.165, 1.54) is 35.1 Å². The van der Waals surface area contributed by atoms with Gasteiger partial charge in [-0.2, -0.15) is 0 Å². The van der Waals surface area contributed by atoms with Crippen molar-refractivity contribution in [3.63, 3.8) is 0 Å². The number of amides is 4. The third-order valence-corrected chi connectivity index (χ3v) is 4.84. The minimum Gasteiger partial charge on any atom is -0.454 e. The lowest BCUT2D eigenvalue weighted by atomic mass is 10.3. The Kier molecular flexibility index (Phi) is 11.9. The summed E-state index contributed by atoms with van der Waals surface area (Å²) in [7, 11) is 4.94. The van der Waals surface area contributed by atoms with Crippen LogP contribution in [-0.4, -0.2) is 147 Å². The highest BCUT2D eigenvalue weighted by Gasteiger charge is 2.26. The molecule has 206 valence electrons. The van der Waals surface area contributed by atoms with E-state index in [-0.39, 0.29) is 0 Å². The second kappa shape index (κ2) is 14.4. The zero-order valence-electron chi connectivity index (χ0n) is 21.2. The number of ether oxygens (including phenoxy) is 4. The molecule has 1 saturated heterocycles. The number of hydrogen-bond donors (Lipinski definition) is 0. The maximum atomic E-state index is 12.4. The van der Waals surface area contributed by atoms with Gasteiger partial charge >= 0.3 is 23.9 Å². The molecule has 1 heterocycles. The fourth-order valence-electron chi connectivity index (χ4n) is 2.61. The summed E-state index contributed by atoms with van der Waals surface area (Å²) in [5, 5.41) is 0. The standard InChI is InChI=1S/C21H30N4O12/c1-13-21(33)25(5)8-19(31)36-11-15(27)23(3)6-17(29)34-10-14(26)22(2)7-18(30)35-12-16(28)24(4)9-20(32)37-13/h13H,6-12H2,1-5H3/t13-/m1/s1. The molecule has 0 radical (unpaired) electrons. The molecule has 0 N–H and O–H groups in total. The van der Waals surface area contributed by atoms with Gasteiger partial charge in [0.2, 0.25) is 0 Å². The van der Waals surface area contributed by atoms with E-state index in [9.17, 15) is 38.4 Å². The molecule has 1 aliphatic heterocycles. The van der Waals surface area contributed by atoms with E-state index in [0.29, 0.717) is 0 Å². The molecule has 1 fully saturated rings. The van der Waals surface area contributed by atoms with Crippen LogP contribution in [0.2, 0.25) is 0 Å². The predicted molar refractivity (Wildman–Crippen MR) is 119 cm³/mol. The lowest BCUT2D eigenvalue weighted by Gasteiger charge is -2.22. The Hall–Kier alpha value is -4.24. The molecule has 0 aromatic rings. The first kappa shape index (κ1) is 30.8. The molecule has 16 heteroatoms. The average molecular weight is 530 g/mol. The van der Waals surface area contributed by atoms with E-state index in [4.69, 9.17) is 18.9 Å². The molecule has 0 aromatic carbocycles.